The zero-order valence-electron chi connectivity index (χ0n) is 11.7. The van der Waals surface area contributed by atoms with Crippen molar-refractivity contribution in [1.29, 1.82) is 0 Å². The van der Waals surface area contributed by atoms with Crippen molar-refractivity contribution < 1.29 is 19.2 Å². The molecule has 2 aliphatic rings. The molecule has 1 N–H and O–H groups in total. The number of aromatic nitrogens is 2. The highest BCUT2D eigenvalue weighted by Crippen LogP contribution is 2.40. The van der Waals surface area contributed by atoms with Crippen LogP contribution in [0.1, 0.15) is 63.1 Å². The van der Waals surface area contributed by atoms with Gasteiger partial charge in [0.25, 0.3) is 0 Å². The molecular weight excluding hydrogens is 260 g/mol. The predicted molar refractivity (Wildman–Crippen MR) is 69.2 cm³/mol. The summed E-state index contributed by atoms with van der Waals surface area (Å²) in [6.07, 6.45) is 5.40. The maximum Gasteiger partial charge on any atom is 0.307 e. The molecule has 0 bridgehead atoms. The molecule has 0 amide bonds. The van der Waals surface area contributed by atoms with Gasteiger partial charge in [0.1, 0.15) is 5.60 Å². The molecule has 0 radical (unpaired) electrons. The van der Waals surface area contributed by atoms with Crippen molar-refractivity contribution in [1.82, 2.24) is 10.1 Å². The highest BCUT2D eigenvalue weighted by atomic mass is 16.5. The van der Waals surface area contributed by atoms with Crippen LogP contribution in [0.3, 0.4) is 0 Å². The maximum atomic E-state index is 11.2. The van der Waals surface area contributed by atoms with Crippen molar-refractivity contribution in [2.45, 2.75) is 57.0 Å². The first-order chi connectivity index (χ1) is 9.60. The Morgan fingerprint density at radius 2 is 2.20 bits per heavy atom. The number of ether oxygens (including phenoxy) is 1. The molecule has 1 saturated heterocycles. The van der Waals surface area contributed by atoms with Gasteiger partial charge in [-0.25, -0.2) is 0 Å². The topological polar surface area (TPSA) is 85.5 Å². The van der Waals surface area contributed by atoms with E-state index in [9.17, 15) is 9.90 Å². The zero-order valence-corrected chi connectivity index (χ0v) is 11.7. The van der Waals surface area contributed by atoms with Crippen LogP contribution in [0.5, 0.6) is 0 Å². The number of hydrogen-bond acceptors (Lipinski definition) is 5. The summed E-state index contributed by atoms with van der Waals surface area (Å²) in [4.78, 5) is 15.7. The van der Waals surface area contributed by atoms with Gasteiger partial charge in [0.2, 0.25) is 11.7 Å². The standard InChI is InChI=1S/C14H20N2O4/c1-14(7-2-3-8-19-14)13-15-11(20-16-13)9-5-4-6-10(9)12(17)18/h9-10H,2-8H2,1H3,(H,17,18). The van der Waals surface area contributed by atoms with Gasteiger partial charge in [0.15, 0.2) is 0 Å². The number of rotatable bonds is 3. The lowest BCUT2D eigenvalue weighted by Gasteiger charge is -2.30. The largest absolute Gasteiger partial charge is 0.481 e. The average molecular weight is 280 g/mol. The number of carbonyl (C=O) groups is 1. The van der Waals surface area contributed by atoms with Crippen molar-refractivity contribution >= 4 is 5.97 Å². The lowest BCUT2D eigenvalue weighted by molar-refractivity contribution is -0.142. The van der Waals surface area contributed by atoms with E-state index in [0.29, 0.717) is 24.7 Å². The molecule has 3 atom stereocenters. The maximum absolute atomic E-state index is 11.2. The first-order valence-electron chi connectivity index (χ1n) is 7.31. The van der Waals surface area contributed by atoms with Crippen LogP contribution in [0, 0.1) is 5.92 Å². The van der Waals surface area contributed by atoms with E-state index in [1.807, 2.05) is 6.92 Å². The minimum atomic E-state index is -0.771. The van der Waals surface area contributed by atoms with E-state index in [1.165, 1.54) is 0 Å². The summed E-state index contributed by atoms with van der Waals surface area (Å²) in [7, 11) is 0. The van der Waals surface area contributed by atoms with E-state index in [2.05, 4.69) is 10.1 Å². The molecule has 1 aromatic rings. The molecule has 1 saturated carbocycles. The van der Waals surface area contributed by atoms with Gasteiger partial charge in [-0.3, -0.25) is 4.79 Å². The van der Waals surface area contributed by atoms with Crippen LogP contribution in [0.25, 0.3) is 0 Å². The minimum Gasteiger partial charge on any atom is -0.481 e. The second kappa shape index (κ2) is 5.16. The van der Waals surface area contributed by atoms with Crippen molar-refractivity contribution in [3.8, 4) is 0 Å². The second-order valence-corrected chi connectivity index (χ2v) is 5.97. The molecule has 3 unspecified atom stereocenters. The highest BCUT2D eigenvalue weighted by Gasteiger charge is 2.40. The fourth-order valence-corrected chi connectivity index (χ4v) is 3.26. The molecule has 1 aliphatic heterocycles. The Morgan fingerprint density at radius 1 is 1.35 bits per heavy atom. The van der Waals surface area contributed by atoms with Crippen LogP contribution in [0.4, 0.5) is 0 Å². The van der Waals surface area contributed by atoms with Crippen LogP contribution in [-0.4, -0.2) is 27.8 Å². The summed E-state index contributed by atoms with van der Waals surface area (Å²) in [5.41, 5.74) is -0.489. The molecule has 6 heteroatoms. The lowest BCUT2D eigenvalue weighted by atomic mass is 9.94. The van der Waals surface area contributed by atoms with Crippen molar-refractivity contribution in [3.05, 3.63) is 11.7 Å². The second-order valence-electron chi connectivity index (χ2n) is 5.97. The summed E-state index contributed by atoms with van der Waals surface area (Å²) in [5, 5.41) is 13.3. The molecule has 110 valence electrons. The Bertz CT molecular complexity index is 493. The van der Waals surface area contributed by atoms with Crippen LogP contribution in [-0.2, 0) is 15.1 Å². The van der Waals surface area contributed by atoms with E-state index in [-0.39, 0.29) is 5.92 Å². The zero-order chi connectivity index (χ0) is 14.2. The molecule has 0 spiro atoms. The quantitative estimate of drug-likeness (QED) is 0.915. The Hall–Kier alpha value is -1.43. The number of nitrogens with zero attached hydrogens (tertiary/aromatic N) is 2. The van der Waals surface area contributed by atoms with Gasteiger partial charge >= 0.3 is 5.97 Å². The molecule has 6 nitrogen and oxygen atoms in total. The Kier molecular flexibility index (Phi) is 3.50. The van der Waals surface area contributed by atoms with Crippen LogP contribution < -0.4 is 0 Å². The number of carboxylic acids is 1. The Balaban J connectivity index is 1.81. The van der Waals surface area contributed by atoms with E-state index in [0.717, 1.165) is 32.1 Å². The van der Waals surface area contributed by atoms with Gasteiger partial charge < -0.3 is 14.4 Å². The highest BCUT2D eigenvalue weighted by molar-refractivity contribution is 5.71. The van der Waals surface area contributed by atoms with Crippen molar-refractivity contribution in [2.75, 3.05) is 6.61 Å². The van der Waals surface area contributed by atoms with E-state index < -0.39 is 17.5 Å². The van der Waals surface area contributed by atoms with Crippen molar-refractivity contribution in [3.63, 3.8) is 0 Å². The first kappa shape index (κ1) is 13.5. The summed E-state index contributed by atoms with van der Waals surface area (Å²) in [6.45, 7) is 2.69. The van der Waals surface area contributed by atoms with Gasteiger partial charge in [0.05, 0.1) is 11.8 Å². The number of aliphatic carboxylic acids is 1. The molecule has 20 heavy (non-hydrogen) atoms. The van der Waals surface area contributed by atoms with E-state index in [1.54, 1.807) is 0 Å². The third kappa shape index (κ3) is 2.32. The molecule has 2 heterocycles. The number of carboxylic acid groups (broad SMARTS) is 1. The smallest absolute Gasteiger partial charge is 0.307 e. The molecule has 1 aliphatic carbocycles. The van der Waals surface area contributed by atoms with Gasteiger partial charge in [-0.2, -0.15) is 4.98 Å². The summed E-state index contributed by atoms with van der Waals surface area (Å²) >= 11 is 0. The van der Waals surface area contributed by atoms with Crippen LogP contribution >= 0.6 is 0 Å². The number of hydrogen-bond donors (Lipinski definition) is 1. The average Bonchev–Trinajstić information content (AvgIpc) is 3.08. The van der Waals surface area contributed by atoms with Gasteiger partial charge in [-0.05, 0) is 39.0 Å². The lowest BCUT2D eigenvalue weighted by Crippen LogP contribution is -2.31. The third-order valence-corrected chi connectivity index (χ3v) is 4.53. The van der Waals surface area contributed by atoms with Gasteiger partial charge in [-0.15, -0.1) is 0 Å². The van der Waals surface area contributed by atoms with E-state index in [4.69, 9.17) is 9.26 Å². The SMILES string of the molecule is CC1(c2noc(C3CCCC3C(=O)O)n2)CCCCO1. The van der Waals surface area contributed by atoms with Crippen molar-refractivity contribution in [2.24, 2.45) is 5.92 Å². The predicted octanol–water partition coefficient (Wildman–Crippen LogP) is 2.45. The summed E-state index contributed by atoms with van der Waals surface area (Å²) in [5.74, 6) is -0.305. The molecule has 2 fully saturated rings. The monoisotopic (exact) mass is 280 g/mol. The first-order valence-corrected chi connectivity index (χ1v) is 7.31. The van der Waals surface area contributed by atoms with Crippen LogP contribution in [0.2, 0.25) is 0 Å². The Labute approximate surface area is 117 Å². The molecule has 1 aromatic heterocycles. The van der Waals surface area contributed by atoms with E-state index >= 15 is 0 Å². The van der Waals surface area contributed by atoms with Gasteiger partial charge in [-0.1, -0.05) is 11.6 Å². The normalized spacial score (nSPS) is 34.2. The Morgan fingerprint density at radius 3 is 2.90 bits per heavy atom. The fraction of sp³-hybridized carbons (Fsp3) is 0.786. The van der Waals surface area contributed by atoms with Crippen LogP contribution in [0.15, 0.2) is 4.52 Å². The van der Waals surface area contributed by atoms with Gasteiger partial charge in [0, 0.05) is 6.61 Å². The molecular formula is C14H20N2O4. The minimum absolute atomic E-state index is 0.152. The summed E-state index contributed by atoms with van der Waals surface area (Å²) < 4.78 is 11.1. The third-order valence-electron chi connectivity index (χ3n) is 4.53. The molecule has 3 rings (SSSR count). The summed E-state index contributed by atoms with van der Waals surface area (Å²) in [6, 6.07) is 0. The molecule has 0 aromatic carbocycles. The fourth-order valence-electron chi connectivity index (χ4n) is 3.26.